The SMILES string of the molecule is CC[C@@H](C)NC(=O)[C@H](Cc1ccccc1)N(Cc1cccc(C)c1)C(=O)CC(c1ccccc1)c1ccccc1. The zero-order chi connectivity index (χ0) is 28.3. The molecule has 4 rings (SSSR count). The van der Waals surface area contributed by atoms with Crippen molar-refractivity contribution in [2.45, 2.75) is 64.6 Å². The minimum atomic E-state index is -0.642. The van der Waals surface area contributed by atoms with Gasteiger partial charge in [0, 0.05) is 31.3 Å². The zero-order valence-electron chi connectivity index (χ0n) is 23.8. The fourth-order valence-corrected chi connectivity index (χ4v) is 5.09. The fourth-order valence-electron chi connectivity index (χ4n) is 5.09. The molecule has 0 heterocycles. The lowest BCUT2D eigenvalue weighted by Gasteiger charge is -2.33. The molecule has 0 aliphatic carbocycles. The normalized spacial score (nSPS) is 12.5. The van der Waals surface area contributed by atoms with Crippen molar-refractivity contribution in [1.82, 2.24) is 10.2 Å². The van der Waals surface area contributed by atoms with Crippen LogP contribution in [0.15, 0.2) is 115 Å². The van der Waals surface area contributed by atoms with Crippen LogP contribution in [-0.4, -0.2) is 28.8 Å². The number of rotatable bonds is 12. The first-order valence-electron chi connectivity index (χ1n) is 14.2. The third-order valence-corrected chi connectivity index (χ3v) is 7.49. The highest BCUT2D eigenvalue weighted by atomic mass is 16.2. The van der Waals surface area contributed by atoms with Crippen LogP contribution in [-0.2, 0) is 22.6 Å². The third kappa shape index (κ3) is 7.92. The summed E-state index contributed by atoms with van der Waals surface area (Å²) in [6.45, 7) is 6.47. The van der Waals surface area contributed by atoms with E-state index in [1.807, 2.05) is 98.8 Å². The Morgan fingerprint density at radius 1 is 0.750 bits per heavy atom. The third-order valence-electron chi connectivity index (χ3n) is 7.49. The molecule has 0 fully saturated rings. The molecule has 2 amide bonds. The van der Waals surface area contributed by atoms with Crippen LogP contribution in [0.5, 0.6) is 0 Å². The molecule has 4 aromatic carbocycles. The topological polar surface area (TPSA) is 49.4 Å². The predicted octanol–water partition coefficient (Wildman–Crippen LogP) is 7.07. The number of nitrogens with zero attached hydrogens (tertiary/aromatic N) is 1. The molecular weight excluding hydrogens is 492 g/mol. The highest BCUT2D eigenvalue weighted by molar-refractivity contribution is 5.88. The van der Waals surface area contributed by atoms with Crippen molar-refractivity contribution in [3.8, 4) is 0 Å². The maximum atomic E-state index is 14.4. The molecule has 0 saturated carbocycles. The Labute approximate surface area is 239 Å². The van der Waals surface area contributed by atoms with Crippen LogP contribution in [0.2, 0.25) is 0 Å². The molecular formula is C36H40N2O2. The van der Waals surface area contributed by atoms with Crippen LogP contribution in [0.4, 0.5) is 0 Å². The molecule has 0 aliphatic heterocycles. The van der Waals surface area contributed by atoms with Crippen molar-refractivity contribution in [1.29, 1.82) is 0 Å². The first-order valence-corrected chi connectivity index (χ1v) is 14.2. The number of nitrogens with one attached hydrogen (secondary N) is 1. The van der Waals surface area contributed by atoms with Crippen LogP contribution in [0.1, 0.15) is 60.4 Å². The van der Waals surface area contributed by atoms with E-state index in [-0.39, 0.29) is 30.2 Å². The zero-order valence-corrected chi connectivity index (χ0v) is 23.8. The first-order chi connectivity index (χ1) is 19.4. The second-order valence-electron chi connectivity index (χ2n) is 10.6. The molecule has 40 heavy (non-hydrogen) atoms. The fraction of sp³-hybridized carbons (Fsp3) is 0.278. The van der Waals surface area contributed by atoms with E-state index < -0.39 is 6.04 Å². The van der Waals surface area contributed by atoms with Crippen LogP contribution in [0.25, 0.3) is 0 Å². The van der Waals surface area contributed by atoms with Crippen LogP contribution >= 0.6 is 0 Å². The summed E-state index contributed by atoms with van der Waals surface area (Å²) in [5, 5.41) is 3.17. The number of amides is 2. The Balaban J connectivity index is 1.74. The maximum absolute atomic E-state index is 14.4. The second kappa shape index (κ2) is 14.3. The van der Waals surface area contributed by atoms with Gasteiger partial charge in [0.2, 0.25) is 11.8 Å². The Bertz CT molecular complexity index is 1320. The van der Waals surface area contributed by atoms with Crippen molar-refractivity contribution in [3.05, 3.63) is 143 Å². The summed E-state index contributed by atoms with van der Waals surface area (Å²) in [7, 11) is 0. The molecule has 0 aromatic heterocycles. The molecule has 0 spiro atoms. The number of benzene rings is 4. The summed E-state index contributed by atoms with van der Waals surface area (Å²) in [6, 6.07) is 37.9. The van der Waals surface area contributed by atoms with Crippen molar-refractivity contribution in [2.75, 3.05) is 0 Å². The Morgan fingerprint density at radius 2 is 1.30 bits per heavy atom. The Hall–Kier alpha value is -4.18. The number of hydrogen-bond donors (Lipinski definition) is 1. The van der Waals surface area contributed by atoms with E-state index in [2.05, 4.69) is 42.6 Å². The molecule has 4 aromatic rings. The monoisotopic (exact) mass is 532 g/mol. The van der Waals surface area contributed by atoms with Gasteiger partial charge in [-0.15, -0.1) is 0 Å². The van der Waals surface area contributed by atoms with Gasteiger partial charge in [-0.3, -0.25) is 9.59 Å². The minimum Gasteiger partial charge on any atom is -0.352 e. The summed E-state index contributed by atoms with van der Waals surface area (Å²) < 4.78 is 0. The molecule has 0 radical (unpaired) electrons. The lowest BCUT2D eigenvalue weighted by molar-refractivity contribution is -0.141. The van der Waals surface area contributed by atoms with E-state index in [4.69, 9.17) is 0 Å². The molecule has 0 bridgehead atoms. The quantitative estimate of drug-likeness (QED) is 0.212. The summed E-state index contributed by atoms with van der Waals surface area (Å²) in [6.07, 6.45) is 1.53. The maximum Gasteiger partial charge on any atom is 0.243 e. The first kappa shape index (κ1) is 28.8. The average molecular weight is 533 g/mol. The number of hydrogen-bond acceptors (Lipinski definition) is 2. The van der Waals surface area contributed by atoms with Gasteiger partial charge in [-0.05, 0) is 42.5 Å². The summed E-state index contributed by atoms with van der Waals surface area (Å²) in [5.74, 6) is -0.278. The molecule has 4 heteroatoms. The van der Waals surface area contributed by atoms with Gasteiger partial charge in [-0.25, -0.2) is 0 Å². The van der Waals surface area contributed by atoms with Gasteiger partial charge in [0.25, 0.3) is 0 Å². The van der Waals surface area contributed by atoms with E-state index in [0.717, 1.165) is 34.2 Å². The van der Waals surface area contributed by atoms with Crippen molar-refractivity contribution >= 4 is 11.8 Å². The van der Waals surface area contributed by atoms with Gasteiger partial charge >= 0.3 is 0 Å². The molecule has 0 saturated heterocycles. The minimum absolute atomic E-state index is 0.0167. The summed E-state index contributed by atoms with van der Waals surface area (Å²) in [4.78, 5) is 30.1. The predicted molar refractivity (Wildman–Crippen MR) is 163 cm³/mol. The number of carbonyl (C=O) groups is 2. The Morgan fingerprint density at radius 3 is 1.85 bits per heavy atom. The lowest BCUT2D eigenvalue weighted by Crippen LogP contribution is -2.52. The molecule has 2 atom stereocenters. The highest BCUT2D eigenvalue weighted by Gasteiger charge is 2.32. The summed E-state index contributed by atoms with van der Waals surface area (Å²) >= 11 is 0. The molecule has 206 valence electrons. The second-order valence-corrected chi connectivity index (χ2v) is 10.6. The van der Waals surface area contributed by atoms with Crippen LogP contribution < -0.4 is 5.32 Å². The van der Waals surface area contributed by atoms with E-state index in [0.29, 0.717) is 13.0 Å². The number of aryl methyl sites for hydroxylation is 1. The van der Waals surface area contributed by atoms with Crippen molar-refractivity contribution in [3.63, 3.8) is 0 Å². The average Bonchev–Trinajstić information content (AvgIpc) is 2.99. The van der Waals surface area contributed by atoms with Gasteiger partial charge in [-0.2, -0.15) is 0 Å². The number of carbonyl (C=O) groups excluding carboxylic acids is 2. The van der Waals surface area contributed by atoms with Gasteiger partial charge in [-0.1, -0.05) is 128 Å². The van der Waals surface area contributed by atoms with E-state index in [1.54, 1.807) is 4.90 Å². The Kier molecular flexibility index (Phi) is 10.3. The van der Waals surface area contributed by atoms with E-state index in [9.17, 15) is 9.59 Å². The van der Waals surface area contributed by atoms with Gasteiger partial charge in [0.05, 0.1) is 0 Å². The lowest BCUT2D eigenvalue weighted by atomic mass is 9.87. The van der Waals surface area contributed by atoms with Gasteiger partial charge in [0.15, 0.2) is 0 Å². The van der Waals surface area contributed by atoms with Crippen LogP contribution in [0, 0.1) is 6.92 Å². The van der Waals surface area contributed by atoms with Crippen molar-refractivity contribution in [2.24, 2.45) is 0 Å². The standard InChI is InChI=1S/C36H40N2O2/c1-4-28(3)37-36(40)34(24-29-16-8-5-9-17-29)38(26-30-18-14-15-27(2)23-30)35(39)25-33(31-19-10-6-11-20-31)32-21-12-7-13-22-32/h5-23,28,33-34H,4,24-26H2,1-3H3,(H,37,40)/t28-,34+/m1/s1. The van der Waals surface area contributed by atoms with E-state index in [1.165, 1.54) is 0 Å². The summed E-state index contributed by atoms with van der Waals surface area (Å²) in [5.41, 5.74) is 5.33. The smallest absolute Gasteiger partial charge is 0.243 e. The van der Waals surface area contributed by atoms with Crippen molar-refractivity contribution < 1.29 is 9.59 Å². The largest absolute Gasteiger partial charge is 0.352 e. The van der Waals surface area contributed by atoms with Gasteiger partial charge < -0.3 is 10.2 Å². The van der Waals surface area contributed by atoms with Gasteiger partial charge in [0.1, 0.15) is 6.04 Å². The van der Waals surface area contributed by atoms with E-state index >= 15 is 0 Å². The molecule has 4 nitrogen and oxygen atoms in total. The van der Waals surface area contributed by atoms with Crippen LogP contribution in [0.3, 0.4) is 0 Å². The molecule has 0 aliphatic rings. The highest BCUT2D eigenvalue weighted by Crippen LogP contribution is 2.30. The molecule has 0 unspecified atom stereocenters. The molecule has 1 N–H and O–H groups in total.